The molecule has 4 aromatic rings. The van der Waals surface area contributed by atoms with Crippen LogP contribution in [0.15, 0.2) is 77.9 Å². The Morgan fingerprint density at radius 1 is 1.15 bits per heavy atom. The third kappa shape index (κ3) is 4.45. The molecule has 6 nitrogen and oxygen atoms in total. The van der Waals surface area contributed by atoms with Gasteiger partial charge in [-0.2, -0.15) is 5.26 Å². The number of nitrogens with zero attached hydrogens (tertiary/aromatic N) is 3. The zero-order chi connectivity index (χ0) is 24.1. The van der Waals surface area contributed by atoms with E-state index in [-0.39, 0.29) is 21.4 Å². The maximum absolute atomic E-state index is 13.6. The maximum Gasteiger partial charge on any atom is 0.273 e. The molecule has 34 heavy (non-hydrogen) atoms. The smallest absolute Gasteiger partial charge is 0.273 e. The van der Waals surface area contributed by atoms with Gasteiger partial charge in [0.05, 0.1) is 22.9 Å². The topological polar surface area (TPSA) is 85.0 Å². The Morgan fingerprint density at radius 2 is 1.91 bits per heavy atom. The quantitative estimate of drug-likeness (QED) is 0.407. The number of Topliss-reactive ketones (excluding diaryl/α,β-unsaturated/α-hetero) is 1. The van der Waals surface area contributed by atoms with Crippen LogP contribution in [-0.2, 0) is 6.42 Å². The molecule has 0 unspecified atom stereocenters. The number of para-hydroxylation sites is 1. The second-order valence-electron chi connectivity index (χ2n) is 7.38. The van der Waals surface area contributed by atoms with Crippen LogP contribution in [0.25, 0.3) is 17.3 Å². The zero-order valence-corrected chi connectivity index (χ0v) is 19.5. The van der Waals surface area contributed by atoms with Crippen LogP contribution in [0.2, 0.25) is 0 Å². The Balaban J connectivity index is 2.08. The summed E-state index contributed by atoms with van der Waals surface area (Å²) in [6.45, 7) is 2.02. The minimum Gasteiger partial charge on any atom is -0.496 e. The molecule has 0 aliphatic carbocycles. The van der Waals surface area contributed by atoms with Crippen LogP contribution in [-0.4, -0.2) is 22.4 Å². The number of aryl methyl sites for hydroxylation is 1. The fraction of sp³-hybridized carbons (Fsp3) is 0.111. The number of carbonyl (C=O) groups is 1. The molecular weight excluding hydrogens is 446 g/mol. The van der Waals surface area contributed by atoms with E-state index in [1.54, 1.807) is 60.9 Å². The van der Waals surface area contributed by atoms with Crippen molar-refractivity contribution in [3.05, 3.63) is 109 Å². The number of aromatic nitrogens is 2. The minimum absolute atomic E-state index is 0.122. The summed E-state index contributed by atoms with van der Waals surface area (Å²) in [5.41, 5.74) is 2.27. The van der Waals surface area contributed by atoms with Crippen molar-refractivity contribution >= 4 is 28.8 Å². The van der Waals surface area contributed by atoms with E-state index in [2.05, 4.69) is 4.98 Å². The molecule has 0 atom stereocenters. The number of benzene rings is 2. The van der Waals surface area contributed by atoms with Gasteiger partial charge in [-0.1, -0.05) is 31.2 Å². The fourth-order valence-electron chi connectivity index (χ4n) is 3.57. The van der Waals surface area contributed by atoms with E-state index < -0.39 is 5.78 Å². The molecule has 2 aromatic carbocycles. The van der Waals surface area contributed by atoms with Crippen LogP contribution in [0.4, 0.5) is 0 Å². The second kappa shape index (κ2) is 10.1. The summed E-state index contributed by atoms with van der Waals surface area (Å²) >= 11 is 1.11. The first-order chi connectivity index (χ1) is 16.6. The lowest BCUT2D eigenvalue weighted by Gasteiger charge is -2.08. The molecule has 168 valence electrons. The van der Waals surface area contributed by atoms with Gasteiger partial charge >= 0.3 is 0 Å². The highest BCUT2D eigenvalue weighted by atomic mass is 32.1. The van der Waals surface area contributed by atoms with Gasteiger partial charge in [-0.3, -0.25) is 19.1 Å². The Bertz CT molecular complexity index is 1580. The van der Waals surface area contributed by atoms with Crippen molar-refractivity contribution in [1.29, 1.82) is 5.26 Å². The highest BCUT2D eigenvalue weighted by molar-refractivity contribution is 7.07. The predicted molar refractivity (Wildman–Crippen MR) is 133 cm³/mol. The van der Waals surface area contributed by atoms with Gasteiger partial charge in [0.25, 0.3) is 5.56 Å². The number of ketones is 1. The summed E-state index contributed by atoms with van der Waals surface area (Å²) in [7, 11) is 1.47. The molecule has 0 saturated heterocycles. The molecule has 0 amide bonds. The lowest BCUT2D eigenvalue weighted by Crippen LogP contribution is -2.31. The number of carbonyl (C=O) groups excluding carboxylic acids is 1. The van der Waals surface area contributed by atoms with E-state index in [1.807, 2.05) is 31.2 Å². The van der Waals surface area contributed by atoms with Crippen LogP contribution in [0.3, 0.4) is 0 Å². The molecular formula is C27H21N3O3S. The Kier molecular flexibility index (Phi) is 6.81. The van der Waals surface area contributed by atoms with Crippen LogP contribution in [0.1, 0.15) is 28.4 Å². The number of thiazole rings is 1. The normalized spacial score (nSPS) is 12.2. The first-order valence-electron chi connectivity index (χ1n) is 10.6. The van der Waals surface area contributed by atoms with Crippen molar-refractivity contribution in [1.82, 2.24) is 9.55 Å². The number of pyridine rings is 1. The maximum atomic E-state index is 13.6. The molecule has 0 spiro atoms. The highest BCUT2D eigenvalue weighted by Gasteiger charge is 2.21. The van der Waals surface area contributed by atoms with Crippen LogP contribution in [0.5, 0.6) is 5.75 Å². The zero-order valence-electron chi connectivity index (χ0n) is 18.7. The minimum atomic E-state index is -0.503. The first-order valence-corrected chi connectivity index (χ1v) is 11.4. The van der Waals surface area contributed by atoms with Crippen molar-refractivity contribution in [3.63, 3.8) is 0 Å². The lowest BCUT2D eigenvalue weighted by molar-refractivity contribution is 0.105. The van der Waals surface area contributed by atoms with Crippen molar-refractivity contribution in [2.24, 2.45) is 0 Å². The summed E-state index contributed by atoms with van der Waals surface area (Å²) < 4.78 is 7.46. The van der Waals surface area contributed by atoms with E-state index >= 15 is 0 Å². The average Bonchev–Trinajstić information content (AvgIpc) is 3.20. The third-order valence-corrected chi connectivity index (χ3v) is 6.40. The Hall–Kier alpha value is -4.28. The number of methoxy groups -OCH3 is 1. The standard InChI is InChI=1S/C27H21N3O3S/c1-3-18-7-6-8-20(15-18)30-26(32)24(16-19-11-13-29-14-12-19)34-27(30)22(17-28)25(31)21-9-4-5-10-23(21)33-2/h4-16H,3H2,1-2H3/b24-16+,27-22-. The highest BCUT2D eigenvalue weighted by Crippen LogP contribution is 2.21. The van der Waals surface area contributed by atoms with Crippen molar-refractivity contribution in [2.75, 3.05) is 7.11 Å². The largest absolute Gasteiger partial charge is 0.496 e. The number of hydrogen-bond donors (Lipinski definition) is 0. The monoisotopic (exact) mass is 467 g/mol. The van der Waals surface area contributed by atoms with Crippen molar-refractivity contribution in [3.8, 4) is 17.5 Å². The molecule has 0 bridgehead atoms. The molecule has 2 aromatic heterocycles. The van der Waals surface area contributed by atoms with Gasteiger partial charge < -0.3 is 4.74 Å². The molecule has 0 saturated carbocycles. The molecule has 0 aliphatic rings. The van der Waals surface area contributed by atoms with E-state index in [0.717, 1.165) is 28.9 Å². The van der Waals surface area contributed by atoms with E-state index in [1.165, 1.54) is 11.7 Å². The van der Waals surface area contributed by atoms with Gasteiger partial charge in [-0.15, -0.1) is 11.3 Å². The number of hydrogen-bond acceptors (Lipinski definition) is 6. The van der Waals surface area contributed by atoms with E-state index in [9.17, 15) is 14.9 Å². The van der Waals surface area contributed by atoms with Gasteiger partial charge in [-0.05, 0) is 60.0 Å². The van der Waals surface area contributed by atoms with Crippen molar-refractivity contribution in [2.45, 2.75) is 13.3 Å². The average molecular weight is 468 g/mol. The number of ether oxygens (including phenoxy) is 1. The van der Waals surface area contributed by atoms with Crippen LogP contribution >= 0.6 is 11.3 Å². The summed E-state index contributed by atoms with van der Waals surface area (Å²) in [5.74, 6) is -0.140. The fourth-order valence-corrected chi connectivity index (χ4v) is 4.68. The summed E-state index contributed by atoms with van der Waals surface area (Å²) in [4.78, 5) is 31.0. The lowest BCUT2D eigenvalue weighted by atomic mass is 10.0. The molecule has 4 rings (SSSR count). The first kappa shape index (κ1) is 22.9. The Labute approximate surface area is 200 Å². The molecule has 0 fully saturated rings. The molecule has 0 radical (unpaired) electrons. The second-order valence-corrected chi connectivity index (χ2v) is 8.41. The van der Waals surface area contributed by atoms with E-state index in [4.69, 9.17) is 4.74 Å². The van der Waals surface area contributed by atoms with Gasteiger partial charge in [-0.25, -0.2) is 0 Å². The summed E-state index contributed by atoms with van der Waals surface area (Å²) in [5, 5.41) is 10.1. The molecule has 0 aliphatic heterocycles. The van der Waals surface area contributed by atoms with E-state index in [0.29, 0.717) is 16.0 Å². The molecule has 2 heterocycles. The molecule has 0 N–H and O–H groups in total. The molecule has 7 heteroatoms. The third-order valence-electron chi connectivity index (χ3n) is 5.31. The van der Waals surface area contributed by atoms with Crippen LogP contribution < -0.4 is 19.5 Å². The summed E-state index contributed by atoms with van der Waals surface area (Å²) in [6, 6.07) is 19.9. The summed E-state index contributed by atoms with van der Waals surface area (Å²) in [6.07, 6.45) is 5.80. The predicted octanol–water partition coefficient (Wildman–Crippen LogP) is 3.25. The van der Waals surface area contributed by atoms with Gasteiger partial charge in [0.15, 0.2) is 0 Å². The van der Waals surface area contributed by atoms with Crippen LogP contribution in [0, 0.1) is 11.3 Å². The van der Waals surface area contributed by atoms with Crippen molar-refractivity contribution < 1.29 is 9.53 Å². The van der Waals surface area contributed by atoms with Gasteiger partial charge in [0, 0.05) is 12.4 Å². The Morgan fingerprint density at radius 3 is 2.62 bits per heavy atom. The SMILES string of the molecule is CCc1cccc(-n2c(=O)/c(=C\c3ccncc3)s/c2=C(/C#N)C(=O)c2ccccc2OC)c1. The number of nitriles is 1. The van der Waals surface area contributed by atoms with Gasteiger partial charge in [0.1, 0.15) is 22.1 Å². The number of rotatable bonds is 6. The van der Waals surface area contributed by atoms with Gasteiger partial charge in [0.2, 0.25) is 5.78 Å².